The molecule has 1 saturated carbocycles. The van der Waals surface area contributed by atoms with E-state index in [9.17, 15) is 22.8 Å². The Morgan fingerprint density at radius 2 is 1.76 bits per heavy atom. The van der Waals surface area contributed by atoms with E-state index in [1.165, 1.54) is 11.9 Å². The van der Waals surface area contributed by atoms with Crippen LogP contribution in [0.25, 0.3) is 0 Å². The molecule has 2 fully saturated rings. The van der Waals surface area contributed by atoms with Gasteiger partial charge in [-0.25, -0.2) is 8.42 Å². The molecular formula is C16H26N2O6S. The number of likely N-dealkylation sites (N-methyl/N-ethyl adjacent to an activating group) is 1. The minimum absolute atomic E-state index is 0.135. The van der Waals surface area contributed by atoms with Gasteiger partial charge < -0.3 is 14.9 Å². The highest BCUT2D eigenvalue weighted by Crippen LogP contribution is 2.25. The van der Waals surface area contributed by atoms with Gasteiger partial charge in [-0.3, -0.25) is 14.4 Å². The van der Waals surface area contributed by atoms with E-state index in [0.29, 0.717) is 32.2 Å². The number of carboxylic acids is 1. The van der Waals surface area contributed by atoms with Gasteiger partial charge in [0.25, 0.3) is 0 Å². The van der Waals surface area contributed by atoms with Crippen molar-refractivity contribution in [2.75, 3.05) is 32.4 Å². The van der Waals surface area contributed by atoms with Crippen molar-refractivity contribution < 1.29 is 27.9 Å². The SMILES string of the molecule is CN(CC(=O)N1CCCC(C(=O)O)C1)C(=O)CS(=O)(=O)C1CCCC1. The fourth-order valence-electron chi connectivity index (χ4n) is 3.44. The number of carbonyl (C=O) groups is 3. The van der Waals surface area contributed by atoms with Crippen LogP contribution in [0.4, 0.5) is 0 Å². The Hall–Kier alpha value is -1.64. The van der Waals surface area contributed by atoms with Crippen molar-refractivity contribution >= 4 is 27.6 Å². The molecule has 0 radical (unpaired) electrons. The van der Waals surface area contributed by atoms with Crippen molar-refractivity contribution in [3.05, 3.63) is 0 Å². The number of hydrogen-bond donors (Lipinski definition) is 1. The lowest BCUT2D eigenvalue weighted by Gasteiger charge is -2.32. The van der Waals surface area contributed by atoms with Crippen molar-refractivity contribution in [3.63, 3.8) is 0 Å². The Bertz CT molecular complexity index is 627. The predicted octanol–water partition coefficient (Wildman–Crippen LogP) is 0.125. The number of carboxylic acid groups (broad SMARTS) is 1. The van der Waals surface area contributed by atoms with E-state index in [1.807, 2.05) is 0 Å². The summed E-state index contributed by atoms with van der Waals surface area (Å²) in [6, 6.07) is 0. The summed E-state index contributed by atoms with van der Waals surface area (Å²) in [6.45, 7) is 0.368. The van der Waals surface area contributed by atoms with Crippen molar-refractivity contribution in [2.24, 2.45) is 5.92 Å². The topological polar surface area (TPSA) is 112 Å². The zero-order valence-corrected chi connectivity index (χ0v) is 15.3. The zero-order valence-electron chi connectivity index (χ0n) is 14.5. The van der Waals surface area contributed by atoms with Gasteiger partial charge in [0.15, 0.2) is 9.84 Å². The van der Waals surface area contributed by atoms with Crippen molar-refractivity contribution in [3.8, 4) is 0 Å². The van der Waals surface area contributed by atoms with Gasteiger partial charge in [-0.05, 0) is 25.7 Å². The molecule has 2 amide bonds. The summed E-state index contributed by atoms with van der Waals surface area (Å²) in [5.74, 6) is -3.02. The fraction of sp³-hybridized carbons (Fsp3) is 0.812. The summed E-state index contributed by atoms with van der Waals surface area (Å²) >= 11 is 0. The summed E-state index contributed by atoms with van der Waals surface area (Å²) in [7, 11) is -2.07. The quantitative estimate of drug-likeness (QED) is 0.707. The number of carbonyl (C=O) groups excluding carboxylic acids is 2. The zero-order chi connectivity index (χ0) is 18.6. The molecule has 1 N–H and O–H groups in total. The first-order valence-electron chi connectivity index (χ1n) is 8.67. The van der Waals surface area contributed by atoms with Crippen LogP contribution < -0.4 is 0 Å². The minimum atomic E-state index is -3.48. The van der Waals surface area contributed by atoms with Gasteiger partial charge in [-0.2, -0.15) is 0 Å². The highest BCUT2D eigenvalue weighted by Gasteiger charge is 2.33. The molecule has 2 aliphatic rings. The Morgan fingerprint density at radius 3 is 2.36 bits per heavy atom. The molecule has 142 valence electrons. The first kappa shape index (κ1) is 19.7. The molecule has 1 saturated heterocycles. The molecule has 1 aliphatic carbocycles. The number of sulfone groups is 1. The number of amides is 2. The van der Waals surface area contributed by atoms with Crippen LogP contribution in [0.5, 0.6) is 0 Å². The molecule has 1 unspecified atom stereocenters. The third-order valence-electron chi connectivity index (χ3n) is 5.06. The number of hydrogen-bond acceptors (Lipinski definition) is 5. The van der Waals surface area contributed by atoms with Crippen LogP contribution >= 0.6 is 0 Å². The standard InChI is InChI=1S/C16H26N2O6S/c1-17(15(20)11-25(23,24)13-6-2-3-7-13)10-14(19)18-8-4-5-12(9-18)16(21)22/h12-13H,2-11H2,1H3,(H,21,22). The molecule has 0 aromatic heterocycles. The smallest absolute Gasteiger partial charge is 0.308 e. The molecule has 8 nitrogen and oxygen atoms in total. The molecular weight excluding hydrogens is 348 g/mol. The average Bonchev–Trinajstić information content (AvgIpc) is 3.09. The second kappa shape index (κ2) is 8.16. The van der Waals surface area contributed by atoms with E-state index in [2.05, 4.69) is 0 Å². The largest absolute Gasteiger partial charge is 0.481 e. The van der Waals surface area contributed by atoms with Gasteiger partial charge in [0.05, 0.1) is 17.7 Å². The van der Waals surface area contributed by atoms with Gasteiger partial charge in [0, 0.05) is 20.1 Å². The number of aliphatic carboxylic acids is 1. The number of likely N-dealkylation sites (tertiary alicyclic amines) is 1. The lowest BCUT2D eigenvalue weighted by atomic mass is 9.98. The Kier molecular flexibility index (Phi) is 6.42. The van der Waals surface area contributed by atoms with Gasteiger partial charge in [0.2, 0.25) is 11.8 Å². The third kappa shape index (κ3) is 5.17. The maximum Gasteiger partial charge on any atom is 0.308 e. The van der Waals surface area contributed by atoms with E-state index in [1.54, 1.807) is 0 Å². The summed E-state index contributed by atoms with van der Waals surface area (Å²) in [5, 5.41) is 8.62. The van der Waals surface area contributed by atoms with Crippen LogP contribution in [-0.2, 0) is 24.2 Å². The van der Waals surface area contributed by atoms with Crippen LogP contribution in [0, 0.1) is 5.92 Å². The summed E-state index contributed by atoms with van der Waals surface area (Å²) < 4.78 is 24.5. The molecule has 1 heterocycles. The second-order valence-electron chi connectivity index (χ2n) is 6.98. The molecule has 1 atom stereocenters. The predicted molar refractivity (Wildman–Crippen MR) is 90.6 cm³/mol. The van der Waals surface area contributed by atoms with E-state index < -0.39 is 38.6 Å². The molecule has 0 aromatic carbocycles. The lowest BCUT2D eigenvalue weighted by Crippen LogP contribution is -2.47. The minimum Gasteiger partial charge on any atom is -0.481 e. The fourth-order valence-corrected chi connectivity index (χ4v) is 5.30. The highest BCUT2D eigenvalue weighted by molar-refractivity contribution is 7.92. The maximum absolute atomic E-state index is 12.3. The van der Waals surface area contributed by atoms with Gasteiger partial charge >= 0.3 is 5.97 Å². The van der Waals surface area contributed by atoms with Gasteiger partial charge in [-0.15, -0.1) is 0 Å². The normalized spacial score (nSPS) is 22.0. The Morgan fingerprint density at radius 1 is 1.12 bits per heavy atom. The molecule has 0 spiro atoms. The number of piperidine rings is 1. The van der Waals surface area contributed by atoms with Crippen molar-refractivity contribution in [2.45, 2.75) is 43.8 Å². The van der Waals surface area contributed by atoms with Crippen LogP contribution in [0.15, 0.2) is 0 Å². The van der Waals surface area contributed by atoms with Crippen molar-refractivity contribution in [1.29, 1.82) is 0 Å². The van der Waals surface area contributed by atoms with E-state index in [4.69, 9.17) is 5.11 Å². The first-order chi connectivity index (χ1) is 11.7. The molecule has 2 rings (SSSR count). The average molecular weight is 374 g/mol. The van der Waals surface area contributed by atoms with E-state index in [0.717, 1.165) is 17.7 Å². The molecule has 25 heavy (non-hydrogen) atoms. The summed E-state index contributed by atoms with van der Waals surface area (Å²) in [4.78, 5) is 38.1. The summed E-state index contributed by atoms with van der Waals surface area (Å²) in [6.07, 6.45) is 4.08. The maximum atomic E-state index is 12.3. The van der Waals surface area contributed by atoms with Crippen molar-refractivity contribution in [1.82, 2.24) is 9.80 Å². The third-order valence-corrected chi connectivity index (χ3v) is 7.19. The molecule has 0 aromatic rings. The number of rotatable bonds is 6. The van der Waals surface area contributed by atoms with Crippen LogP contribution in [0.1, 0.15) is 38.5 Å². The molecule has 1 aliphatic heterocycles. The highest BCUT2D eigenvalue weighted by atomic mass is 32.2. The summed E-state index contributed by atoms with van der Waals surface area (Å²) in [5.41, 5.74) is 0. The Labute approximate surface area is 148 Å². The molecule has 0 bridgehead atoms. The van der Waals surface area contributed by atoms with Crippen LogP contribution in [0.2, 0.25) is 0 Å². The van der Waals surface area contributed by atoms with E-state index in [-0.39, 0.29) is 19.0 Å². The van der Waals surface area contributed by atoms with Crippen LogP contribution in [0.3, 0.4) is 0 Å². The van der Waals surface area contributed by atoms with Gasteiger partial charge in [-0.1, -0.05) is 12.8 Å². The molecule has 9 heteroatoms. The first-order valence-corrected chi connectivity index (χ1v) is 10.4. The second-order valence-corrected chi connectivity index (χ2v) is 9.26. The van der Waals surface area contributed by atoms with Crippen LogP contribution in [-0.4, -0.2) is 78.8 Å². The lowest BCUT2D eigenvalue weighted by molar-refractivity contribution is -0.147. The van der Waals surface area contributed by atoms with E-state index >= 15 is 0 Å². The number of nitrogens with zero attached hydrogens (tertiary/aromatic N) is 2. The van der Waals surface area contributed by atoms with Gasteiger partial charge in [0.1, 0.15) is 5.75 Å². The Balaban J connectivity index is 1.87. The monoisotopic (exact) mass is 374 g/mol.